The molecule has 0 unspecified atom stereocenters. The van der Waals surface area contributed by atoms with E-state index in [1.165, 1.54) is 17.0 Å². The average Bonchev–Trinajstić information content (AvgIpc) is 3.15. The van der Waals surface area contributed by atoms with Gasteiger partial charge in [0.05, 0.1) is 6.26 Å². The van der Waals surface area contributed by atoms with E-state index in [0.717, 1.165) is 0 Å². The Morgan fingerprint density at radius 3 is 2.96 bits per heavy atom. The minimum Gasteiger partial charge on any atom is -0.463 e. The van der Waals surface area contributed by atoms with Gasteiger partial charge in [-0.2, -0.15) is 9.78 Å². The molecule has 0 aliphatic heterocycles. The Morgan fingerprint density at radius 1 is 1.46 bits per heavy atom. The molecule has 3 aromatic rings. The number of nitrogens with zero attached hydrogens (tertiary/aromatic N) is 3. The topological polar surface area (TPSA) is 106 Å². The highest BCUT2D eigenvalue weighted by atomic mass is 35.5. The van der Waals surface area contributed by atoms with E-state index < -0.39 is 0 Å². The lowest BCUT2D eigenvalue weighted by Crippen LogP contribution is -2.18. The molecule has 124 valence electrons. The van der Waals surface area contributed by atoms with E-state index in [0.29, 0.717) is 23.0 Å². The predicted molar refractivity (Wildman–Crippen MR) is 88.4 cm³/mol. The van der Waals surface area contributed by atoms with E-state index in [2.05, 4.69) is 20.4 Å². The number of carbonyl (C=O) groups is 1. The number of carbonyl (C=O) groups excluding carboxylic acids is 1. The van der Waals surface area contributed by atoms with Gasteiger partial charge in [-0.1, -0.05) is 0 Å². The second-order valence-electron chi connectivity index (χ2n) is 5.00. The molecule has 0 fully saturated rings. The lowest BCUT2D eigenvalue weighted by Gasteiger charge is -2.07. The zero-order valence-electron chi connectivity index (χ0n) is 12.7. The maximum Gasteiger partial charge on any atom is 0.252 e. The number of furan rings is 1. The largest absolute Gasteiger partial charge is 0.463 e. The summed E-state index contributed by atoms with van der Waals surface area (Å²) in [4.78, 5) is 30.4. The molecule has 0 radical (unpaired) electrons. The summed E-state index contributed by atoms with van der Waals surface area (Å²) in [5.41, 5.74) is 0.706. The van der Waals surface area contributed by atoms with Crippen molar-refractivity contribution in [1.29, 1.82) is 0 Å². The predicted octanol–water partition coefficient (Wildman–Crippen LogP) is 2.09. The van der Waals surface area contributed by atoms with E-state index in [1.807, 2.05) is 0 Å². The molecule has 0 aliphatic carbocycles. The highest BCUT2D eigenvalue weighted by Gasteiger charge is 2.16. The standard InChI is InChI=1S/C15H14ClN5O3/c1-9-7-14(23)19-15(17-9)21-12(18-13(22)4-5-16)8-10(20-21)11-3-2-6-24-11/h2-3,6-8H,4-5H2,1H3,(H,18,22)(H,17,19,23). The lowest BCUT2D eigenvalue weighted by atomic mass is 10.3. The molecule has 1 amide bonds. The lowest BCUT2D eigenvalue weighted by molar-refractivity contribution is -0.115. The number of aromatic nitrogens is 4. The molecule has 0 saturated carbocycles. The number of aromatic amines is 1. The van der Waals surface area contributed by atoms with Gasteiger partial charge >= 0.3 is 0 Å². The molecule has 24 heavy (non-hydrogen) atoms. The van der Waals surface area contributed by atoms with E-state index in [4.69, 9.17) is 16.0 Å². The Morgan fingerprint density at radius 2 is 2.29 bits per heavy atom. The summed E-state index contributed by atoms with van der Waals surface area (Å²) in [5, 5.41) is 7.07. The fraction of sp³-hybridized carbons (Fsp3) is 0.200. The van der Waals surface area contributed by atoms with Crippen LogP contribution in [0.1, 0.15) is 12.1 Å². The van der Waals surface area contributed by atoms with E-state index in [-0.39, 0.29) is 29.7 Å². The number of amides is 1. The fourth-order valence-electron chi connectivity index (χ4n) is 2.13. The van der Waals surface area contributed by atoms with Crippen molar-refractivity contribution < 1.29 is 9.21 Å². The number of H-pyrrole nitrogens is 1. The first-order valence-corrected chi connectivity index (χ1v) is 7.68. The van der Waals surface area contributed by atoms with Crippen molar-refractivity contribution in [2.24, 2.45) is 0 Å². The number of anilines is 1. The van der Waals surface area contributed by atoms with Crippen molar-refractivity contribution in [2.75, 3.05) is 11.2 Å². The Balaban J connectivity index is 2.08. The second-order valence-corrected chi connectivity index (χ2v) is 5.38. The van der Waals surface area contributed by atoms with Crippen molar-refractivity contribution in [3.05, 3.63) is 46.6 Å². The van der Waals surface area contributed by atoms with Crippen LogP contribution in [0.3, 0.4) is 0 Å². The third kappa shape index (κ3) is 3.38. The van der Waals surface area contributed by atoms with Gasteiger partial charge in [0.1, 0.15) is 11.5 Å². The number of nitrogens with one attached hydrogen (secondary N) is 2. The Labute approximate surface area is 141 Å². The first kappa shape index (κ1) is 16.0. The second kappa shape index (κ2) is 6.71. The van der Waals surface area contributed by atoms with E-state index >= 15 is 0 Å². The zero-order chi connectivity index (χ0) is 17.1. The number of hydrogen-bond acceptors (Lipinski definition) is 5. The highest BCUT2D eigenvalue weighted by Crippen LogP contribution is 2.24. The van der Waals surface area contributed by atoms with Crippen molar-refractivity contribution in [3.63, 3.8) is 0 Å². The molecule has 3 rings (SSSR count). The van der Waals surface area contributed by atoms with Gasteiger partial charge in [-0.15, -0.1) is 11.6 Å². The third-order valence-electron chi connectivity index (χ3n) is 3.13. The van der Waals surface area contributed by atoms with Gasteiger partial charge < -0.3 is 9.73 Å². The van der Waals surface area contributed by atoms with Crippen molar-refractivity contribution in [3.8, 4) is 17.4 Å². The van der Waals surface area contributed by atoms with Crippen LogP contribution in [0, 0.1) is 6.92 Å². The Bertz CT molecular complexity index is 914. The summed E-state index contributed by atoms with van der Waals surface area (Å²) >= 11 is 5.59. The van der Waals surface area contributed by atoms with E-state index in [1.54, 1.807) is 25.1 Å². The van der Waals surface area contributed by atoms with Crippen LogP contribution < -0.4 is 10.9 Å². The van der Waals surface area contributed by atoms with Crippen LogP contribution in [0.4, 0.5) is 5.82 Å². The number of halogens is 1. The highest BCUT2D eigenvalue weighted by molar-refractivity contribution is 6.19. The Hall–Kier alpha value is -2.87. The zero-order valence-corrected chi connectivity index (χ0v) is 13.5. The maximum absolute atomic E-state index is 11.9. The van der Waals surface area contributed by atoms with Gasteiger partial charge in [0.2, 0.25) is 11.9 Å². The number of alkyl halides is 1. The molecule has 3 aromatic heterocycles. The van der Waals surface area contributed by atoms with Crippen LogP contribution in [0.25, 0.3) is 17.4 Å². The van der Waals surface area contributed by atoms with Crippen molar-refractivity contribution in [1.82, 2.24) is 19.7 Å². The maximum atomic E-state index is 11.9. The summed E-state index contributed by atoms with van der Waals surface area (Å²) in [6.07, 6.45) is 1.67. The monoisotopic (exact) mass is 347 g/mol. The summed E-state index contributed by atoms with van der Waals surface area (Å²) in [6.45, 7) is 1.70. The molecular weight excluding hydrogens is 334 g/mol. The van der Waals surface area contributed by atoms with Gasteiger partial charge in [-0.05, 0) is 19.1 Å². The van der Waals surface area contributed by atoms with Crippen LogP contribution in [0.2, 0.25) is 0 Å². The first-order chi connectivity index (χ1) is 11.6. The molecule has 0 bridgehead atoms. The van der Waals surface area contributed by atoms with Crippen LogP contribution in [-0.2, 0) is 4.79 Å². The molecule has 0 aliphatic rings. The van der Waals surface area contributed by atoms with Gasteiger partial charge in [0.25, 0.3) is 5.56 Å². The summed E-state index contributed by atoms with van der Waals surface area (Å²) in [7, 11) is 0. The molecule has 9 heteroatoms. The fourth-order valence-corrected chi connectivity index (χ4v) is 2.30. The van der Waals surface area contributed by atoms with Crippen molar-refractivity contribution >= 4 is 23.3 Å². The smallest absolute Gasteiger partial charge is 0.252 e. The van der Waals surface area contributed by atoms with Crippen LogP contribution >= 0.6 is 11.6 Å². The molecule has 0 atom stereocenters. The van der Waals surface area contributed by atoms with Gasteiger partial charge in [0, 0.05) is 30.1 Å². The van der Waals surface area contributed by atoms with E-state index in [9.17, 15) is 9.59 Å². The number of hydrogen-bond donors (Lipinski definition) is 2. The van der Waals surface area contributed by atoms with Gasteiger partial charge in [0.15, 0.2) is 5.76 Å². The summed E-state index contributed by atoms with van der Waals surface area (Å²) in [6, 6.07) is 6.47. The molecule has 0 saturated heterocycles. The molecule has 0 aromatic carbocycles. The average molecular weight is 348 g/mol. The van der Waals surface area contributed by atoms with Gasteiger partial charge in [-0.3, -0.25) is 14.6 Å². The van der Waals surface area contributed by atoms with Crippen LogP contribution in [-0.4, -0.2) is 31.5 Å². The quantitative estimate of drug-likeness (QED) is 0.687. The molecule has 0 spiro atoms. The van der Waals surface area contributed by atoms with Crippen LogP contribution in [0.5, 0.6) is 0 Å². The summed E-state index contributed by atoms with van der Waals surface area (Å²) < 4.78 is 6.67. The first-order valence-electron chi connectivity index (χ1n) is 7.15. The van der Waals surface area contributed by atoms with Crippen LogP contribution in [0.15, 0.2) is 39.7 Å². The summed E-state index contributed by atoms with van der Waals surface area (Å²) in [5.74, 6) is 0.998. The molecule has 8 nitrogen and oxygen atoms in total. The van der Waals surface area contributed by atoms with Crippen molar-refractivity contribution in [2.45, 2.75) is 13.3 Å². The number of aryl methyl sites for hydroxylation is 1. The van der Waals surface area contributed by atoms with Gasteiger partial charge in [-0.25, -0.2) is 4.98 Å². The normalized spacial score (nSPS) is 10.8. The molecule has 3 heterocycles. The minimum absolute atomic E-state index is 0.153. The molecular formula is C15H14ClN5O3. The molecule has 2 N–H and O–H groups in total. The minimum atomic E-state index is -0.314. The Kier molecular flexibility index (Phi) is 4.48. The SMILES string of the molecule is Cc1cc(=O)[nH]c(-n2nc(-c3ccco3)cc2NC(=O)CCCl)n1. The third-order valence-corrected chi connectivity index (χ3v) is 3.32. The number of rotatable bonds is 5.